The van der Waals surface area contributed by atoms with Gasteiger partial charge in [-0.25, -0.2) is 0 Å². The minimum atomic E-state index is 0.173. The van der Waals surface area contributed by atoms with Crippen molar-refractivity contribution in [2.75, 3.05) is 13.6 Å². The van der Waals surface area contributed by atoms with Gasteiger partial charge in [0.25, 0.3) is 0 Å². The molecule has 5 nitrogen and oxygen atoms in total. The van der Waals surface area contributed by atoms with E-state index in [1.807, 2.05) is 32.2 Å². The summed E-state index contributed by atoms with van der Waals surface area (Å²) in [4.78, 5) is 18.5. The van der Waals surface area contributed by atoms with Crippen molar-refractivity contribution in [3.63, 3.8) is 0 Å². The van der Waals surface area contributed by atoms with Crippen molar-refractivity contribution < 1.29 is 4.79 Å². The van der Waals surface area contributed by atoms with Gasteiger partial charge in [-0.2, -0.15) is 5.10 Å². The molecule has 0 N–H and O–H groups in total. The Hall–Kier alpha value is -2.17. The average molecular weight is 342 g/mol. The number of amides is 1. The van der Waals surface area contributed by atoms with Crippen molar-refractivity contribution in [2.24, 2.45) is 5.92 Å². The third-order valence-electron chi connectivity index (χ3n) is 4.51. The molecule has 0 aliphatic carbocycles. The van der Waals surface area contributed by atoms with Gasteiger partial charge >= 0.3 is 0 Å². The minimum Gasteiger partial charge on any atom is -0.345 e. The third kappa shape index (κ3) is 5.41. The van der Waals surface area contributed by atoms with E-state index in [9.17, 15) is 4.79 Å². The quantitative estimate of drug-likeness (QED) is 0.740. The Morgan fingerprint density at radius 1 is 1.24 bits per heavy atom. The van der Waals surface area contributed by atoms with Crippen LogP contribution in [-0.2, 0) is 24.2 Å². The fourth-order valence-corrected chi connectivity index (χ4v) is 3.00. The van der Waals surface area contributed by atoms with Gasteiger partial charge in [0.05, 0.1) is 5.69 Å². The van der Waals surface area contributed by atoms with E-state index in [1.54, 1.807) is 11.1 Å². The van der Waals surface area contributed by atoms with E-state index in [-0.39, 0.29) is 5.91 Å². The van der Waals surface area contributed by atoms with Gasteiger partial charge in [-0.05, 0) is 43.9 Å². The van der Waals surface area contributed by atoms with Gasteiger partial charge in [-0.1, -0.05) is 19.9 Å². The molecule has 0 fully saturated rings. The molecule has 25 heavy (non-hydrogen) atoms. The number of carbonyl (C=O) groups is 1. The van der Waals surface area contributed by atoms with Crippen molar-refractivity contribution >= 4 is 5.91 Å². The van der Waals surface area contributed by atoms with Gasteiger partial charge in [0, 0.05) is 50.6 Å². The van der Waals surface area contributed by atoms with Gasteiger partial charge in [0.1, 0.15) is 0 Å². The minimum absolute atomic E-state index is 0.173. The number of carbonyl (C=O) groups excluding carboxylic acids is 1. The van der Waals surface area contributed by atoms with Gasteiger partial charge in [0.2, 0.25) is 5.91 Å². The maximum atomic E-state index is 12.4. The van der Waals surface area contributed by atoms with E-state index in [0.29, 0.717) is 18.9 Å². The number of nitrogens with zero attached hydrogens (tertiary/aromatic N) is 4. The monoisotopic (exact) mass is 342 g/mol. The second-order valence-electron chi connectivity index (χ2n) is 7.11. The van der Waals surface area contributed by atoms with Crippen molar-refractivity contribution in [1.29, 1.82) is 0 Å². The number of likely N-dealkylation sites (N-methyl/N-ethyl adjacent to an activating group) is 1. The number of rotatable bonds is 8. The molecule has 2 aromatic heterocycles. The van der Waals surface area contributed by atoms with Gasteiger partial charge in [-0.3, -0.25) is 14.5 Å². The Labute approximate surface area is 151 Å². The molecule has 0 aromatic carbocycles. The molecule has 0 saturated carbocycles. The van der Waals surface area contributed by atoms with Crippen LogP contribution in [0.15, 0.2) is 24.4 Å². The number of hydrogen-bond donors (Lipinski definition) is 0. The summed E-state index contributed by atoms with van der Waals surface area (Å²) in [5, 5.41) is 4.63. The van der Waals surface area contributed by atoms with Crippen molar-refractivity contribution in [3.8, 4) is 0 Å². The summed E-state index contributed by atoms with van der Waals surface area (Å²) >= 11 is 0. The SMILES string of the molecule is Cc1nn(CC(C)C)c(C)c1CCC(=O)N(C)CCc1ccccn1. The summed E-state index contributed by atoms with van der Waals surface area (Å²) in [6.45, 7) is 10.1. The molecule has 2 aromatic rings. The molecule has 0 bridgehead atoms. The fraction of sp³-hybridized carbons (Fsp3) is 0.550. The largest absolute Gasteiger partial charge is 0.345 e. The summed E-state index contributed by atoms with van der Waals surface area (Å²) in [7, 11) is 1.87. The molecule has 1 amide bonds. The highest BCUT2D eigenvalue weighted by Gasteiger charge is 2.15. The molecule has 0 saturated heterocycles. The van der Waals surface area contributed by atoms with Crippen LogP contribution in [0.2, 0.25) is 0 Å². The van der Waals surface area contributed by atoms with E-state index in [1.165, 1.54) is 11.3 Å². The van der Waals surface area contributed by atoms with Gasteiger partial charge in [0.15, 0.2) is 0 Å². The lowest BCUT2D eigenvalue weighted by atomic mass is 10.1. The molecular formula is C20H30N4O. The van der Waals surface area contributed by atoms with Crippen LogP contribution in [0.1, 0.15) is 42.9 Å². The molecule has 0 aliphatic heterocycles. The summed E-state index contributed by atoms with van der Waals surface area (Å²) in [5.74, 6) is 0.733. The number of aromatic nitrogens is 3. The standard InChI is InChI=1S/C20H30N4O/c1-15(2)14-24-17(4)19(16(3)22-24)9-10-20(25)23(5)13-11-18-8-6-7-12-21-18/h6-8,12,15H,9-11,13-14H2,1-5H3. The van der Waals surface area contributed by atoms with Crippen LogP contribution in [0, 0.1) is 19.8 Å². The van der Waals surface area contributed by atoms with Crippen LogP contribution in [-0.4, -0.2) is 39.2 Å². The lowest BCUT2D eigenvalue weighted by Crippen LogP contribution is -2.29. The molecular weight excluding hydrogens is 312 g/mol. The summed E-state index contributed by atoms with van der Waals surface area (Å²) in [6.07, 6.45) is 3.85. The Morgan fingerprint density at radius 3 is 2.64 bits per heavy atom. The summed E-state index contributed by atoms with van der Waals surface area (Å²) < 4.78 is 2.07. The smallest absolute Gasteiger partial charge is 0.222 e. The lowest BCUT2D eigenvalue weighted by Gasteiger charge is -2.17. The van der Waals surface area contributed by atoms with Crippen LogP contribution < -0.4 is 0 Å². The zero-order valence-corrected chi connectivity index (χ0v) is 16.1. The van der Waals surface area contributed by atoms with Crippen molar-refractivity contribution in [3.05, 3.63) is 47.0 Å². The maximum Gasteiger partial charge on any atom is 0.222 e. The molecule has 0 atom stereocenters. The van der Waals surface area contributed by atoms with E-state index in [0.717, 1.165) is 30.8 Å². The highest BCUT2D eigenvalue weighted by atomic mass is 16.2. The first-order valence-electron chi connectivity index (χ1n) is 9.05. The molecule has 2 rings (SSSR count). The Kier molecular flexibility index (Phi) is 6.73. The second kappa shape index (κ2) is 8.79. The highest BCUT2D eigenvalue weighted by molar-refractivity contribution is 5.76. The van der Waals surface area contributed by atoms with Crippen LogP contribution >= 0.6 is 0 Å². The number of pyridine rings is 1. The van der Waals surface area contributed by atoms with E-state index in [2.05, 4.69) is 35.5 Å². The van der Waals surface area contributed by atoms with Crippen LogP contribution in [0.3, 0.4) is 0 Å². The molecule has 136 valence electrons. The Bertz CT molecular complexity index is 691. The first kappa shape index (κ1) is 19.2. The number of aryl methyl sites for hydroxylation is 1. The second-order valence-corrected chi connectivity index (χ2v) is 7.11. The topological polar surface area (TPSA) is 51.0 Å². The van der Waals surface area contributed by atoms with Crippen molar-refractivity contribution in [1.82, 2.24) is 19.7 Å². The summed E-state index contributed by atoms with van der Waals surface area (Å²) in [6, 6.07) is 5.88. The van der Waals surface area contributed by atoms with Gasteiger partial charge in [-0.15, -0.1) is 0 Å². The summed E-state index contributed by atoms with van der Waals surface area (Å²) in [5.41, 5.74) is 4.47. The van der Waals surface area contributed by atoms with Gasteiger partial charge < -0.3 is 4.90 Å². The van der Waals surface area contributed by atoms with Crippen LogP contribution in [0.4, 0.5) is 0 Å². The predicted molar refractivity (Wildman–Crippen MR) is 100 cm³/mol. The molecule has 0 radical (unpaired) electrons. The van der Waals surface area contributed by atoms with E-state index < -0.39 is 0 Å². The zero-order valence-electron chi connectivity index (χ0n) is 16.1. The fourth-order valence-electron chi connectivity index (χ4n) is 3.00. The average Bonchev–Trinajstić information content (AvgIpc) is 2.84. The maximum absolute atomic E-state index is 12.4. The first-order valence-corrected chi connectivity index (χ1v) is 9.05. The van der Waals surface area contributed by atoms with Crippen LogP contribution in [0.25, 0.3) is 0 Å². The Morgan fingerprint density at radius 2 is 2.00 bits per heavy atom. The first-order chi connectivity index (χ1) is 11.9. The zero-order chi connectivity index (χ0) is 18.4. The normalized spacial score (nSPS) is 11.1. The predicted octanol–water partition coefficient (Wildman–Crippen LogP) is 3.18. The van der Waals surface area contributed by atoms with E-state index >= 15 is 0 Å². The third-order valence-corrected chi connectivity index (χ3v) is 4.51. The van der Waals surface area contributed by atoms with Crippen LogP contribution in [0.5, 0.6) is 0 Å². The Balaban J connectivity index is 1.88. The molecule has 0 aliphatic rings. The molecule has 5 heteroatoms. The lowest BCUT2D eigenvalue weighted by molar-refractivity contribution is -0.129. The van der Waals surface area contributed by atoms with E-state index in [4.69, 9.17) is 0 Å². The van der Waals surface area contributed by atoms with Crippen molar-refractivity contribution in [2.45, 2.75) is 53.5 Å². The number of hydrogen-bond acceptors (Lipinski definition) is 3. The highest BCUT2D eigenvalue weighted by Crippen LogP contribution is 2.17. The molecule has 0 unspecified atom stereocenters. The molecule has 2 heterocycles. The molecule has 0 spiro atoms.